The number of hydrogen-bond acceptors (Lipinski definition) is 4. The summed E-state index contributed by atoms with van der Waals surface area (Å²) >= 11 is 0. The van der Waals surface area contributed by atoms with Crippen LogP contribution in [0.1, 0.15) is 12.5 Å². The maximum atomic E-state index is 13.7. The summed E-state index contributed by atoms with van der Waals surface area (Å²) in [5.41, 5.74) is 6.58. The van der Waals surface area contributed by atoms with Crippen LogP contribution in [-0.2, 0) is 20.7 Å². The molecule has 0 saturated heterocycles. The summed E-state index contributed by atoms with van der Waals surface area (Å²) < 4.78 is 31.6. The van der Waals surface area contributed by atoms with E-state index >= 15 is 0 Å². The molecule has 0 aliphatic rings. The van der Waals surface area contributed by atoms with Crippen molar-refractivity contribution < 1.29 is 23.1 Å². The van der Waals surface area contributed by atoms with Gasteiger partial charge in [0.2, 0.25) is 5.78 Å². The van der Waals surface area contributed by atoms with Gasteiger partial charge in [0.15, 0.2) is 0 Å². The zero-order chi connectivity index (χ0) is 17.1. The lowest BCUT2D eigenvalue weighted by Crippen LogP contribution is -2.41. The average molecular weight is 329 g/mol. The molecule has 0 radical (unpaired) electrons. The highest BCUT2D eigenvalue weighted by Crippen LogP contribution is 2.21. The molecule has 0 aliphatic carbocycles. The van der Waals surface area contributed by atoms with E-state index in [0.717, 1.165) is 5.19 Å². The van der Waals surface area contributed by atoms with E-state index in [9.17, 15) is 18.4 Å². The number of nitrogen functional groups attached to an aromatic ring is 1. The lowest BCUT2D eigenvalue weighted by atomic mass is 10.0. The molecular weight excluding hydrogens is 308 g/mol. The quantitative estimate of drug-likeness (QED) is 0.376. The van der Waals surface area contributed by atoms with Gasteiger partial charge in [-0.2, -0.15) is 8.78 Å². The minimum atomic E-state index is -4.14. The van der Waals surface area contributed by atoms with E-state index in [1.807, 2.05) is 0 Å². The number of carbonyl (C=O) groups excluding carboxylic acids is 2. The van der Waals surface area contributed by atoms with E-state index in [0.29, 0.717) is 11.3 Å². The molecule has 0 saturated carbocycles. The first-order valence-corrected chi connectivity index (χ1v) is 10.5. The number of hydrogen-bond donors (Lipinski definition) is 1. The maximum Gasteiger partial charge on any atom is 0.400 e. The van der Waals surface area contributed by atoms with Crippen molar-refractivity contribution in [3.05, 3.63) is 23.8 Å². The Labute approximate surface area is 129 Å². The second-order valence-electron chi connectivity index (χ2n) is 6.11. The third-order valence-corrected chi connectivity index (χ3v) is 5.15. The van der Waals surface area contributed by atoms with E-state index in [1.54, 1.807) is 12.1 Å². The van der Waals surface area contributed by atoms with Crippen molar-refractivity contribution in [2.75, 3.05) is 12.3 Å². The van der Waals surface area contributed by atoms with Crippen LogP contribution in [0.2, 0.25) is 19.6 Å². The molecule has 0 atom stereocenters. The monoisotopic (exact) mass is 329 g/mol. The number of ketones is 1. The van der Waals surface area contributed by atoms with Crippen LogP contribution in [-0.4, -0.2) is 32.4 Å². The fraction of sp³-hybridized carbons (Fsp3) is 0.467. The second-order valence-corrected chi connectivity index (χ2v) is 11.2. The summed E-state index contributed by atoms with van der Waals surface area (Å²) in [6.07, 6.45) is -0.561. The molecule has 122 valence electrons. The number of ether oxygens (including phenoxy) is 1. The summed E-state index contributed by atoms with van der Waals surface area (Å²) in [4.78, 5) is 22.9. The molecule has 0 amide bonds. The van der Waals surface area contributed by atoms with Gasteiger partial charge in [-0.25, -0.2) is 4.79 Å². The molecule has 0 aliphatic heterocycles. The van der Waals surface area contributed by atoms with Crippen LogP contribution >= 0.6 is 0 Å². The highest BCUT2D eigenvalue weighted by molar-refractivity contribution is 6.88. The zero-order valence-corrected chi connectivity index (χ0v) is 14.2. The molecule has 0 bridgehead atoms. The van der Waals surface area contributed by atoms with Crippen molar-refractivity contribution in [2.45, 2.75) is 38.9 Å². The normalized spacial score (nSPS) is 12.1. The second kappa shape index (κ2) is 6.56. The minimum Gasteiger partial charge on any atom is -0.461 e. The molecule has 2 N–H and O–H groups in total. The van der Waals surface area contributed by atoms with Gasteiger partial charge in [0.25, 0.3) is 0 Å². The first-order valence-electron chi connectivity index (χ1n) is 6.96. The molecule has 1 aromatic rings. The minimum absolute atomic E-state index is 0.209. The van der Waals surface area contributed by atoms with Crippen LogP contribution in [0, 0.1) is 0 Å². The van der Waals surface area contributed by atoms with Gasteiger partial charge in [0, 0.05) is 12.1 Å². The summed E-state index contributed by atoms with van der Waals surface area (Å²) in [6, 6.07) is 4.98. The van der Waals surface area contributed by atoms with Gasteiger partial charge in [0.1, 0.15) is 0 Å². The number of benzene rings is 1. The fourth-order valence-corrected chi connectivity index (χ4v) is 3.10. The summed E-state index contributed by atoms with van der Waals surface area (Å²) in [5, 5.41) is 0.967. The molecule has 1 rings (SSSR count). The first-order chi connectivity index (χ1) is 9.98. The number of halogens is 2. The molecule has 7 heteroatoms. The predicted octanol–water partition coefficient (Wildman–Crippen LogP) is 2.12. The number of nitrogens with two attached hydrogens (primary N) is 1. The highest BCUT2D eigenvalue weighted by Gasteiger charge is 2.48. The lowest BCUT2D eigenvalue weighted by molar-refractivity contribution is -0.176. The molecule has 4 nitrogen and oxygen atoms in total. The van der Waals surface area contributed by atoms with Crippen LogP contribution in [0.4, 0.5) is 14.5 Å². The Morgan fingerprint density at radius 2 is 1.82 bits per heavy atom. The summed E-state index contributed by atoms with van der Waals surface area (Å²) in [6.45, 7) is 7.44. The molecule has 0 heterocycles. The Hall–Kier alpha value is -1.76. The first kappa shape index (κ1) is 18.3. The Bertz CT molecular complexity index is 583. The van der Waals surface area contributed by atoms with Gasteiger partial charge >= 0.3 is 11.9 Å². The van der Waals surface area contributed by atoms with E-state index < -0.39 is 32.2 Å². The van der Waals surface area contributed by atoms with Crippen molar-refractivity contribution in [2.24, 2.45) is 0 Å². The molecule has 0 aromatic heterocycles. The number of esters is 1. The lowest BCUT2D eigenvalue weighted by Gasteiger charge is -2.19. The van der Waals surface area contributed by atoms with Gasteiger partial charge in [-0.1, -0.05) is 30.9 Å². The third-order valence-electron chi connectivity index (χ3n) is 3.13. The van der Waals surface area contributed by atoms with Crippen molar-refractivity contribution in [1.29, 1.82) is 0 Å². The van der Waals surface area contributed by atoms with Gasteiger partial charge in [-0.05, 0) is 24.6 Å². The van der Waals surface area contributed by atoms with Gasteiger partial charge in [0.05, 0.1) is 14.7 Å². The molecule has 22 heavy (non-hydrogen) atoms. The van der Waals surface area contributed by atoms with E-state index in [2.05, 4.69) is 24.4 Å². The smallest absolute Gasteiger partial charge is 0.400 e. The Kier molecular flexibility index (Phi) is 5.45. The highest BCUT2D eigenvalue weighted by atomic mass is 28.3. The molecule has 0 unspecified atom stereocenters. The summed E-state index contributed by atoms with van der Waals surface area (Å²) in [5.74, 6) is -7.44. The number of anilines is 1. The van der Waals surface area contributed by atoms with Crippen molar-refractivity contribution >= 4 is 30.7 Å². The van der Waals surface area contributed by atoms with Crippen LogP contribution < -0.4 is 10.9 Å². The van der Waals surface area contributed by atoms with Crippen LogP contribution in [0.5, 0.6) is 0 Å². The predicted molar refractivity (Wildman–Crippen MR) is 84.1 cm³/mol. The van der Waals surface area contributed by atoms with E-state index in [-0.39, 0.29) is 6.61 Å². The Morgan fingerprint density at radius 1 is 1.23 bits per heavy atom. The molecule has 0 fully saturated rings. The Balaban J connectivity index is 3.02. The van der Waals surface area contributed by atoms with Crippen LogP contribution in [0.25, 0.3) is 0 Å². The van der Waals surface area contributed by atoms with Crippen molar-refractivity contribution in [1.82, 2.24) is 0 Å². The number of alkyl halides is 2. The van der Waals surface area contributed by atoms with Crippen molar-refractivity contribution in [3.63, 3.8) is 0 Å². The number of carbonyl (C=O) groups is 2. The Morgan fingerprint density at radius 3 is 2.32 bits per heavy atom. The van der Waals surface area contributed by atoms with Crippen molar-refractivity contribution in [3.8, 4) is 0 Å². The third kappa shape index (κ3) is 4.36. The SMILES string of the molecule is CCOC(=O)C(F)(F)C(=O)Cc1cc(N)cc([Si](C)(C)C)c1. The largest absolute Gasteiger partial charge is 0.461 e. The van der Waals surface area contributed by atoms with Gasteiger partial charge < -0.3 is 10.5 Å². The standard InChI is InChI=1S/C15H21F2NO3Si/c1-5-21-14(20)15(16,17)13(19)8-10-6-11(18)9-12(7-10)22(2,3)4/h6-7,9H,5,8,18H2,1-4H3. The number of Topliss-reactive ketones (excluding diaryl/α,β-unsaturated/α-hetero) is 1. The maximum absolute atomic E-state index is 13.7. The topological polar surface area (TPSA) is 69.4 Å². The summed E-state index contributed by atoms with van der Waals surface area (Å²) in [7, 11) is -1.70. The zero-order valence-electron chi connectivity index (χ0n) is 13.2. The number of rotatable bonds is 6. The molecule has 0 spiro atoms. The fourth-order valence-electron chi connectivity index (χ4n) is 1.89. The van der Waals surface area contributed by atoms with E-state index in [1.165, 1.54) is 13.0 Å². The molecular formula is C15H21F2NO3Si. The molecule has 1 aromatic carbocycles. The average Bonchev–Trinajstić information content (AvgIpc) is 2.37. The van der Waals surface area contributed by atoms with Crippen LogP contribution in [0.15, 0.2) is 18.2 Å². The van der Waals surface area contributed by atoms with Crippen LogP contribution in [0.3, 0.4) is 0 Å². The van der Waals surface area contributed by atoms with Gasteiger partial charge in [-0.15, -0.1) is 0 Å². The van der Waals surface area contributed by atoms with Gasteiger partial charge in [-0.3, -0.25) is 4.79 Å². The van der Waals surface area contributed by atoms with E-state index in [4.69, 9.17) is 5.73 Å².